The number of hydrogen-bond acceptors (Lipinski definition) is 5. The summed E-state index contributed by atoms with van der Waals surface area (Å²) in [7, 11) is 1.48. The number of carbonyl (C=O) groups excluding carboxylic acids is 2. The van der Waals surface area contributed by atoms with Crippen LogP contribution in [-0.2, 0) is 24.1 Å². The zero-order valence-corrected chi connectivity index (χ0v) is 10.4. The summed E-state index contributed by atoms with van der Waals surface area (Å²) in [6, 6.07) is 0. The van der Waals surface area contributed by atoms with E-state index in [1.807, 2.05) is 0 Å². The van der Waals surface area contributed by atoms with Gasteiger partial charge in [-0.3, -0.25) is 9.59 Å². The number of ketones is 1. The lowest BCUT2D eigenvalue weighted by atomic mass is 9.84. The number of ether oxygens (including phenoxy) is 1. The third kappa shape index (κ3) is 4.83. The van der Waals surface area contributed by atoms with E-state index < -0.39 is 5.97 Å². The Morgan fingerprint density at radius 1 is 1.18 bits per heavy atom. The Labute approximate surface area is 101 Å². The Hall–Kier alpha value is -0.940. The molecule has 0 heterocycles. The van der Waals surface area contributed by atoms with Crippen LogP contribution in [0.3, 0.4) is 0 Å². The van der Waals surface area contributed by atoms with Gasteiger partial charge in [-0.1, -0.05) is 0 Å². The fourth-order valence-corrected chi connectivity index (χ4v) is 2.12. The van der Waals surface area contributed by atoms with Crippen LogP contribution < -0.4 is 0 Å². The highest BCUT2D eigenvalue weighted by atomic mass is 17.2. The molecule has 0 N–H and O–H groups in total. The van der Waals surface area contributed by atoms with Crippen molar-refractivity contribution in [3.05, 3.63) is 0 Å². The maximum absolute atomic E-state index is 11.8. The van der Waals surface area contributed by atoms with Gasteiger partial charge in [-0.2, -0.15) is 0 Å². The molecule has 0 bridgehead atoms. The second kappa shape index (κ2) is 7.40. The molecule has 0 amide bonds. The number of esters is 1. The van der Waals surface area contributed by atoms with Crippen molar-refractivity contribution in [3.63, 3.8) is 0 Å². The maximum atomic E-state index is 11.8. The van der Waals surface area contributed by atoms with Gasteiger partial charge in [0.25, 0.3) is 0 Å². The van der Waals surface area contributed by atoms with Crippen LogP contribution in [-0.4, -0.2) is 31.6 Å². The Morgan fingerprint density at radius 2 is 1.82 bits per heavy atom. The third-order valence-corrected chi connectivity index (χ3v) is 2.99. The van der Waals surface area contributed by atoms with Crippen LogP contribution in [0.15, 0.2) is 0 Å². The van der Waals surface area contributed by atoms with E-state index in [1.54, 1.807) is 6.92 Å². The van der Waals surface area contributed by atoms with Crippen molar-refractivity contribution in [3.8, 4) is 0 Å². The van der Waals surface area contributed by atoms with Gasteiger partial charge in [0.15, 0.2) is 0 Å². The minimum Gasteiger partial charge on any atom is -0.466 e. The molecular formula is C12H20O5. The third-order valence-electron chi connectivity index (χ3n) is 2.99. The van der Waals surface area contributed by atoms with Crippen LogP contribution in [0.25, 0.3) is 0 Å². The monoisotopic (exact) mass is 244 g/mol. The molecule has 0 aromatic rings. The SMILES string of the molecule is CCOC(=O)CC(=O)C1CCC(OOC)CC1. The Morgan fingerprint density at radius 3 is 2.35 bits per heavy atom. The molecule has 5 nitrogen and oxygen atoms in total. The predicted octanol–water partition coefficient (Wildman–Crippen LogP) is 1.65. The van der Waals surface area contributed by atoms with E-state index in [-0.39, 0.29) is 24.2 Å². The summed E-state index contributed by atoms with van der Waals surface area (Å²) >= 11 is 0. The van der Waals surface area contributed by atoms with Gasteiger partial charge in [0, 0.05) is 5.92 Å². The standard InChI is InChI=1S/C12H20O5/c1-3-16-12(14)8-11(13)9-4-6-10(7-5-9)17-15-2/h9-10H,3-8H2,1-2H3. The van der Waals surface area contributed by atoms with Crippen LogP contribution in [0.5, 0.6) is 0 Å². The molecule has 98 valence electrons. The average Bonchev–Trinajstić information content (AvgIpc) is 2.30. The van der Waals surface area contributed by atoms with E-state index in [9.17, 15) is 9.59 Å². The molecule has 1 saturated carbocycles. The topological polar surface area (TPSA) is 61.8 Å². The van der Waals surface area contributed by atoms with Gasteiger partial charge in [-0.05, 0) is 32.6 Å². The molecule has 0 atom stereocenters. The van der Waals surface area contributed by atoms with E-state index in [2.05, 4.69) is 4.89 Å². The second-order valence-corrected chi connectivity index (χ2v) is 4.18. The Bertz CT molecular complexity index is 256. The smallest absolute Gasteiger partial charge is 0.313 e. The zero-order valence-electron chi connectivity index (χ0n) is 10.4. The van der Waals surface area contributed by atoms with Crippen molar-refractivity contribution < 1.29 is 24.1 Å². The van der Waals surface area contributed by atoms with E-state index in [0.717, 1.165) is 25.7 Å². The van der Waals surface area contributed by atoms with Crippen LogP contribution in [0.2, 0.25) is 0 Å². The van der Waals surface area contributed by atoms with E-state index in [4.69, 9.17) is 9.62 Å². The Balaban J connectivity index is 2.28. The summed E-state index contributed by atoms with van der Waals surface area (Å²) < 4.78 is 4.76. The van der Waals surface area contributed by atoms with Gasteiger partial charge in [0.05, 0.1) is 19.8 Å². The van der Waals surface area contributed by atoms with Crippen LogP contribution in [0.4, 0.5) is 0 Å². The summed E-state index contributed by atoms with van der Waals surface area (Å²) in [6.07, 6.45) is 3.08. The fourth-order valence-electron chi connectivity index (χ4n) is 2.12. The molecule has 0 aromatic heterocycles. The first kappa shape index (κ1) is 14.1. The first-order chi connectivity index (χ1) is 8.17. The molecule has 0 aromatic carbocycles. The summed E-state index contributed by atoms with van der Waals surface area (Å²) in [5.41, 5.74) is 0. The molecular weight excluding hydrogens is 224 g/mol. The molecule has 17 heavy (non-hydrogen) atoms. The van der Waals surface area contributed by atoms with E-state index in [1.165, 1.54) is 7.11 Å². The van der Waals surface area contributed by atoms with Gasteiger partial charge >= 0.3 is 5.97 Å². The van der Waals surface area contributed by atoms with Crippen molar-refractivity contribution >= 4 is 11.8 Å². The molecule has 0 aliphatic heterocycles. The van der Waals surface area contributed by atoms with Crippen LogP contribution in [0, 0.1) is 5.92 Å². The lowest BCUT2D eigenvalue weighted by Gasteiger charge is -2.26. The maximum Gasteiger partial charge on any atom is 0.313 e. The first-order valence-corrected chi connectivity index (χ1v) is 6.05. The van der Waals surface area contributed by atoms with Crippen molar-refractivity contribution in [2.75, 3.05) is 13.7 Å². The summed E-state index contributed by atoms with van der Waals surface area (Å²) in [5.74, 6) is -0.469. The van der Waals surface area contributed by atoms with Crippen molar-refractivity contribution in [2.24, 2.45) is 5.92 Å². The van der Waals surface area contributed by atoms with Crippen molar-refractivity contribution in [1.29, 1.82) is 0 Å². The fraction of sp³-hybridized carbons (Fsp3) is 0.833. The normalized spacial score (nSPS) is 24.4. The molecule has 5 heteroatoms. The first-order valence-electron chi connectivity index (χ1n) is 6.05. The lowest BCUT2D eigenvalue weighted by Crippen LogP contribution is -2.27. The lowest BCUT2D eigenvalue weighted by molar-refractivity contribution is -0.310. The zero-order chi connectivity index (χ0) is 12.7. The van der Waals surface area contributed by atoms with Gasteiger partial charge in [0.1, 0.15) is 12.2 Å². The van der Waals surface area contributed by atoms with Crippen molar-refractivity contribution in [1.82, 2.24) is 0 Å². The summed E-state index contributed by atoms with van der Waals surface area (Å²) in [4.78, 5) is 32.6. The average molecular weight is 244 g/mol. The minimum atomic E-state index is -0.423. The second-order valence-electron chi connectivity index (χ2n) is 4.18. The van der Waals surface area contributed by atoms with Crippen LogP contribution in [0.1, 0.15) is 39.0 Å². The highest BCUT2D eigenvalue weighted by Crippen LogP contribution is 2.27. The van der Waals surface area contributed by atoms with Gasteiger partial charge in [-0.25, -0.2) is 9.78 Å². The van der Waals surface area contributed by atoms with Gasteiger partial charge in [-0.15, -0.1) is 0 Å². The molecule has 0 saturated heterocycles. The quantitative estimate of drug-likeness (QED) is 0.308. The molecule has 1 fully saturated rings. The predicted molar refractivity (Wildman–Crippen MR) is 60.1 cm³/mol. The minimum absolute atomic E-state index is 0.0145. The number of hydrogen-bond donors (Lipinski definition) is 0. The van der Waals surface area contributed by atoms with E-state index >= 15 is 0 Å². The summed E-state index contributed by atoms with van der Waals surface area (Å²) in [5, 5.41) is 0. The largest absolute Gasteiger partial charge is 0.466 e. The molecule has 0 radical (unpaired) electrons. The highest BCUT2D eigenvalue weighted by molar-refractivity contribution is 5.96. The van der Waals surface area contributed by atoms with Crippen molar-refractivity contribution in [2.45, 2.75) is 45.1 Å². The molecule has 1 aliphatic carbocycles. The highest BCUT2D eigenvalue weighted by Gasteiger charge is 2.28. The van der Waals surface area contributed by atoms with Gasteiger partial charge < -0.3 is 4.74 Å². The Kier molecular flexibility index (Phi) is 6.15. The molecule has 0 unspecified atom stereocenters. The van der Waals surface area contributed by atoms with Gasteiger partial charge in [0.2, 0.25) is 0 Å². The van der Waals surface area contributed by atoms with E-state index in [0.29, 0.717) is 6.61 Å². The number of rotatable bonds is 6. The van der Waals surface area contributed by atoms with Crippen LogP contribution >= 0.6 is 0 Å². The molecule has 0 spiro atoms. The number of carbonyl (C=O) groups is 2. The molecule has 1 aliphatic rings. The molecule has 1 rings (SSSR count). The number of Topliss-reactive ketones (excluding diaryl/α,β-unsaturated/α-hetero) is 1. The summed E-state index contributed by atoms with van der Waals surface area (Å²) in [6.45, 7) is 2.05.